The Bertz CT molecular complexity index is 232. The molecular formula is C8H14F3NO3. The van der Waals surface area contributed by atoms with Crippen molar-refractivity contribution >= 4 is 5.97 Å². The minimum absolute atomic E-state index is 0.251. The van der Waals surface area contributed by atoms with E-state index in [4.69, 9.17) is 10.2 Å². The molecule has 0 rings (SSSR count). The molecule has 90 valence electrons. The van der Waals surface area contributed by atoms with E-state index in [0.29, 0.717) is 6.92 Å². The average Bonchev–Trinajstić information content (AvgIpc) is 2.11. The summed E-state index contributed by atoms with van der Waals surface area (Å²) in [6.07, 6.45) is -5.65. The number of hydrogen-bond acceptors (Lipinski definition) is 3. The van der Waals surface area contributed by atoms with Crippen molar-refractivity contribution in [1.82, 2.24) is 5.32 Å². The topological polar surface area (TPSA) is 69.6 Å². The van der Waals surface area contributed by atoms with Crippen LogP contribution in [0.25, 0.3) is 0 Å². The molecule has 0 aromatic rings. The van der Waals surface area contributed by atoms with Crippen LogP contribution >= 0.6 is 0 Å². The smallest absolute Gasteiger partial charge is 0.417 e. The van der Waals surface area contributed by atoms with Crippen LogP contribution in [0.4, 0.5) is 13.2 Å². The maximum Gasteiger partial charge on any atom is 0.417 e. The summed E-state index contributed by atoms with van der Waals surface area (Å²) < 4.78 is 37.2. The monoisotopic (exact) mass is 229 g/mol. The number of halogens is 3. The molecule has 0 bridgehead atoms. The van der Waals surface area contributed by atoms with Gasteiger partial charge in [-0.05, 0) is 13.3 Å². The van der Waals surface area contributed by atoms with Gasteiger partial charge < -0.3 is 10.2 Å². The zero-order chi connectivity index (χ0) is 12.3. The minimum Gasteiger partial charge on any atom is -0.480 e. The first-order valence-electron chi connectivity index (χ1n) is 4.38. The van der Waals surface area contributed by atoms with Crippen molar-refractivity contribution < 1.29 is 28.2 Å². The zero-order valence-corrected chi connectivity index (χ0v) is 8.43. The highest BCUT2D eigenvalue weighted by Crippen LogP contribution is 2.30. The Morgan fingerprint density at radius 3 is 2.20 bits per heavy atom. The fourth-order valence-corrected chi connectivity index (χ4v) is 0.763. The molecule has 0 aromatic carbocycles. The summed E-state index contributed by atoms with van der Waals surface area (Å²) in [4.78, 5) is 10.5. The highest BCUT2D eigenvalue weighted by molar-refractivity contribution is 5.79. The first kappa shape index (κ1) is 14.2. The second kappa shape index (κ2) is 4.80. The molecule has 0 aliphatic carbocycles. The summed E-state index contributed by atoms with van der Waals surface area (Å²) in [7, 11) is 0. The van der Waals surface area contributed by atoms with Crippen molar-refractivity contribution in [3.8, 4) is 0 Å². The van der Waals surface area contributed by atoms with E-state index in [1.54, 1.807) is 6.92 Å². The zero-order valence-electron chi connectivity index (χ0n) is 8.43. The van der Waals surface area contributed by atoms with Crippen LogP contribution < -0.4 is 5.32 Å². The molecule has 7 heteroatoms. The lowest BCUT2D eigenvalue weighted by molar-refractivity contribution is -0.206. The molecule has 0 amide bonds. The van der Waals surface area contributed by atoms with Gasteiger partial charge in [0.25, 0.3) is 0 Å². The molecule has 0 aliphatic rings. The van der Waals surface area contributed by atoms with Crippen LogP contribution in [0.5, 0.6) is 0 Å². The number of nitrogens with one attached hydrogen (secondary N) is 1. The van der Waals surface area contributed by atoms with Crippen LogP contribution in [0.3, 0.4) is 0 Å². The summed E-state index contributed by atoms with van der Waals surface area (Å²) >= 11 is 0. The minimum atomic E-state index is -4.91. The van der Waals surface area contributed by atoms with Crippen molar-refractivity contribution in [2.75, 3.05) is 6.54 Å². The first-order valence-corrected chi connectivity index (χ1v) is 4.38. The van der Waals surface area contributed by atoms with E-state index in [-0.39, 0.29) is 6.42 Å². The predicted molar refractivity (Wildman–Crippen MR) is 46.4 cm³/mol. The van der Waals surface area contributed by atoms with Gasteiger partial charge in [0.2, 0.25) is 5.54 Å². The number of β-amino-alcohol motifs (C(OH)–C–C–N with tert-alkyl or cyclic N) is 1. The highest BCUT2D eigenvalue weighted by atomic mass is 19.4. The van der Waals surface area contributed by atoms with Gasteiger partial charge in [-0.3, -0.25) is 5.32 Å². The lowest BCUT2D eigenvalue weighted by Gasteiger charge is -2.29. The number of carbonyl (C=O) groups is 1. The van der Waals surface area contributed by atoms with Crippen LogP contribution in [0, 0.1) is 0 Å². The fraction of sp³-hybridized carbons (Fsp3) is 0.875. The summed E-state index contributed by atoms with van der Waals surface area (Å²) in [6, 6.07) is 0. The van der Waals surface area contributed by atoms with E-state index in [1.165, 1.54) is 0 Å². The van der Waals surface area contributed by atoms with Crippen molar-refractivity contribution in [3.63, 3.8) is 0 Å². The number of alkyl halides is 3. The Morgan fingerprint density at radius 1 is 1.47 bits per heavy atom. The van der Waals surface area contributed by atoms with Gasteiger partial charge in [-0.1, -0.05) is 6.92 Å². The van der Waals surface area contributed by atoms with Gasteiger partial charge in [-0.2, -0.15) is 13.2 Å². The van der Waals surface area contributed by atoms with E-state index in [0.717, 1.165) is 0 Å². The quantitative estimate of drug-likeness (QED) is 0.650. The maximum atomic E-state index is 12.4. The Balaban J connectivity index is 4.62. The number of carboxylic acid groups (broad SMARTS) is 1. The Morgan fingerprint density at radius 2 is 1.93 bits per heavy atom. The van der Waals surface area contributed by atoms with Gasteiger partial charge in [0.1, 0.15) is 0 Å². The molecule has 2 unspecified atom stereocenters. The number of rotatable bonds is 5. The van der Waals surface area contributed by atoms with Crippen LogP contribution in [0.15, 0.2) is 0 Å². The van der Waals surface area contributed by atoms with Gasteiger partial charge in [0.05, 0.1) is 6.10 Å². The van der Waals surface area contributed by atoms with E-state index >= 15 is 0 Å². The van der Waals surface area contributed by atoms with Crippen LogP contribution in [-0.4, -0.2) is 40.5 Å². The molecule has 3 N–H and O–H groups in total. The molecule has 0 aromatic heterocycles. The SMILES string of the molecule is CCC(O)CNC(C)(C(=O)O)C(F)(F)F. The van der Waals surface area contributed by atoms with Crippen LogP contribution in [0.2, 0.25) is 0 Å². The lowest BCUT2D eigenvalue weighted by atomic mass is 10.0. The molecule has 0 heterocycles. The summed E-state index contributed by atoms with van der Waals surface area (Å²) in [5.41, 5.74) is -3.02. The maximum absolute atomic E-state index is 12.4. The standard InChI is InChI=1S/C8H14F3NO3/c1-3-5(13)4-12-7(2,6(14)15)8(9,10)11/h5,12-13H,3-4H2,1-2H3,(H,14,15). The molecule has 4 nitrogen and oxygen atoms in total. The molecule has 0 radical (unpaired) electrons. The van der Waals surface area contributed by atoms with Crippen molar-refractivity contribution in [1.29, 1.82) is 0 Å². The third-order valence-corrected chi connectivity index (χ3v) is 2.16. The highest BCUT2D eigenvalue weighted by Gasteiger charge is 2.57. The molecule has 0 saturated carbocycles. The number of aliphatic hydroxyl groups is 1. The van der Waals surface area contributed by atoms with E-state index in [9.17, 15) is 18.0 Å². The summed E-state index contributed by atoms with van der Waals surface area (Å²) in [5.74, 6) is -2.02. The van der Waals surface area contributed by atoms with Crippen molar-refractivity contribution in [2.45, 2.75) is 38.1 Å². The third kappa shape index (κ3) is 3.35. The van der Waals surface area contributed by atoms with Crippen molar-refractivity contribution in [3.05, 3.63) is 0 Å². The summed E-state index contributed by atoms with van der Waals surface area (Å²) in [6.45, 7) is 1.69. The Labute approximate surface area is 85.1 Å². The number of hydrogen-bond donors (Lipinski definition) is 3. The molecule has 2 atom stereocenters. The number of aliphatic carboxylic acids is 1. The fourth-order valence-electron chi connectivity index (χ4n) is 0.763. The molecule has 0 fully saturated rings. The first-order chi connectivity index (χ1) is 6.65. The Kier molecular flexibility index (Phi) is 4.54. The van der Waals surface area contributed by atoms with Crippen LogP contribution in [-0.2, 0) is 4.79 Å². The van der Waals surface area contributed by atoms with Crippen molar-refractivity contribution in [2.24, 2.45) is 0 Å². The lowest BCUT2D eigenvalue weighted by Crippen LogP contribution is -2.61. The van der Waals surface area contributed by atoms with Gasteiger partial charge in [-0.25, -0.2) is 4.79 Å². The van der Waals surface area contributed by atoms with E-state index in [1.807, 2.05) is 5.32 Å². The normalized spacial score (nSPS) is 18.3. The third-order valence-electron chi connectivity index (χ3n) is 2.16. The van der Waals surface area contributed by atoms with E-state index in [2.05, 4.69) is 0 Å². The van der Waals surface area contributed by atoms with Crippen LogP contribution in [0.1, 0.15) is 20.3 Å². The Hall–Kier alpha value is -0.820. The summed E-state index contributed by atoms with van der Waals surface area (Å²) in [5, 5.41) is 19.3. The van der Waals surface area contributed by atoms with Gasteiger partial charge in [-0.15, -0.1) is 0 Å². The molecule has 0 aliphatic heterocycles. The van der Waals surface area contributed by atoms with Gasteiger partial charge >= 0.3 is 12.1 Å². The number of aliphatic hydroxyl groups excluding tert-OH is 1. The second-order valence-corrected chi connectivity index (χ2v) is 3.37. The predicted octanol–water partition coefficient (Wildman–Crippen LogP) is 0.752. The van der Waals surface area contributed by atoms with E-state index < -0.39 is 30.3 Å². The molecule has 15 heavy (non-hydrogen) atoms. The molecular weight excluding hydrogens is 215 g/mol. The molecule has 0 spiro atoms. The average molecular weight is 229 g/mol. The number of carboxylic acids is 1. The van der Waals surface area contributed by atoms with Gasteiger partial charge in [0, 0.05) is 6.54 Å². The largest absolute Gasteiger partial charge is 0.480 e. The van der Waals surface area contributed by atoms with Gasteiger partial charge in [0.15, 0.2) is 0 Å². The second-order valence-electron chi connectivity index (χ2n) is 3.37. The molecule has 0 saturated heterocycles.